The molecule has 0 aliphatic rings. The minimum atomic E-state index is -0.280. The van der Waals surface area contributed by atoms with Crippen LogP contribution in [0.3, 0.4) is 0 Å². The highest BCUT2D eigenvalue weighted by atomic mass is 16.2. The van der Waals surface area contributed by atoms with Gasteiger partial charge in [0.15, 0.2) is 0 Å². The van der Waals surface area contributed by atoms with E-state index in [9.17, 15) is 9.59 Å². The van der Waals surface area contributed by atoms with Crippen LogP contribution in [0.2, 0.25) is 0 Å². The predicted octanol–water partition coefficient (Wildman–Crippen LogP) is -1.01. The first-order valence-corrected chi connectivity index (χ1v) is 2.38. The molecule has 2 N–H and O–H groups in total. The molecule has 0 aliphatic carbocycles. The van der Waals surface area contributed by atoms with Gasteiger partial charge in [-0.1, -0.05) is 6.58 Å². The molecule has 0 atom stereocenters. The lowest BCUT2D eigenvalue weighted by molar-refractivity contribution is -0.121. The van der Waals surface area contributed by atoms with E-state index in [4.69, 9.17) is 0 Å². The molecule has 0 fully saturated rings. The first kappa shape index (κ1) is 7.68. The molecular weight excluding hydrogens is 120 g/mol. The second-order valence-corrected chi connectivity index (χ2v) is 1.27. The van der Waals surface area contributed by atoms with Crippen LogP contribution in [-0.4, -0.2) is 18.9 Å². The fourth-order valence-corrected chi connectivity index (χ4v) is 0.299. The second-order valence-electron chi connectivity index (χ2n) is 1.27. The zero-order valence-corrected chi connectivity index (χ0v) is 4.89. The van der Waals surface area contributed by atoms with Crippen molar-refractivity contribution in [2.45, 2.75) is 0 Å². The van der Waals surface area contributed by atoms with E-state index < -0.39 is 0 Å². The Balaban J connectivity index is 3.26. The molecule has 9 heavy (non-hydrogen) atoms. The fraction of sp³-hybridized carbons (Fsp3) is 0.200. The monoisotopic (exact) mass is 128 g/mol. The minimum absolute atomic E-state index is 0.00444. The summed E-state index contributed by atoms with van der Waals surface area (Å²) in [5, 5.41) is 4.48. The normalized spacial score (nSPS) is 7.56. The van der Waals surface area contributed by atoms with Crippen LogP contribution in [0, 0.1) is 0 Å². The van der Waals surface area contributed by atoms with Gasteiger partial charge in [-0.05, 0) is 6.20 Å². The summed E-state index contributed by atoms with van der Waals surface area (Å²) in [6.45, 7) is 3.26. The summed E-state index contributed by atoms with van der Waals surface area (Å²) in [5.74, 6) is -0.280. The second kappa shape index (κ2) is 4.83. The number of hydrogen-bond donors (Lipinski definition) is 2. The summed E-state index contributed by atoms with van der Waals surface area (Å²) < 4.78 is 0. The topological polar surface area (TPSA) is 58.2 Å². The maximum atomic E-state index is 10.4. The lowest BCUT2D eigenvalue weighted by Gasteiger charge is -1.95. The molecule has 50 valence electrons. The largest absolute Gasteiger partial charge is 0.350 e. The number of hydrogen-bond acceptors (Lipinski definition) is 2. The highest BCUT2D eigenvalue weighted by molar-refractivity contribution is 5.80. The Labute approximate surface area is 52.9 Å². The molecule has 0 unspecified atom stereocenters. The zero-order valence-electron chi connectivity index (χ0n) is 4.89. The SMILES string of the molecule is C=CNC(=O)CNC=O. The molecule has 0 aromatic heterocycles. The molecule has 0 aromatic carbocycles. The molecule has 0 radical (unpaired) electrons. The van der Waals surface area contributed by atoms with Gasteiger partial charge in [-0.2, -0.15) is 0 Å². The molecule has 0 aromatic rings. The smallest absolute Gasteiger partial charge is 0.243 e. The number of carbonyl (C=O) groups excluding carboxylic acids is 2. The minimum Gasteiger partial charge on any atom is -0.350 e. The van der Waals surface area contributed by atoms with Gasteiger partial charge in [0.2, 0.25) is 12.3 Å². The van der Waals surface area contributed by atoms with Gasteiger partial charge in [0.25, 0.3) is 0 Å². The van der Waals surface area contributed by atoms with Gasteiger partial charge in [-0.25, -0.2) is 0 Å². The third-order valence-corrected chi connectivity index (χ3v) is 0.609. The average Bonchev–Trinajstić information content (AvgIpc) is 1.85. The third-order valence-electron chi connectivity index (χ3n) is 0.609. The summed E-state index contributed by atoms with van der Waals surface area (Å²) in [4.78, 5) is 20.0. The van der Waals surface area contributed by atoms with E-state index in [0.717, 1.165) is 0 Å². The Morgan fingerprint density at radius 2 is 2.33 bits per heavy atom. The quantitative estimate of drug-likeness (QED) is 0.477. The van der Waals surface area contributed by atoms with Gasteiger partial charge in [-0.15, -0.1) is 0 Å². The molecule has 4 nitrogen and oxygen atoms in total. The molecule has 4 heteroatoms. The van der Waals surface area contributed by atoms with Crippen molar-refractivity contribution in [3.05, 3.63) is 12.8 Å². The maximum absolute atomic E-state index is 10.4. The highest BCUT2D eigenvalue weighted by Gasteiger charge is 1.92. The Morgan fingerprint density at radius 1 is 1.67 bits per heavy atom. The first-order chi connectivity index (χ1) is 4.31. The van der Waals surface area contributed by atoms with Crippen LogP contribution in [0.5, 0.6) is 0 Å². The Kier molecular flexibility index (Phi) is 4.12. The summed E-state index contributed by atoms with van der Waals surface area (Å²) >= 11 is 0. The van der Waals surface area contributed by atoms with Crippen molar-refractivity contribution >= 4 is 12.3 Å². The standard InChI is InChI=1S/C5H8N2O2/c1-2-7-5(9)3-6-4-8/h2,4H,1,3H2,(H,6,8)(H,7,9). The highest BCUT2D eigenvalue weighted by Crippen LogP contribution is 1.59. The van der Waals surface area contributed by atoms with Crippen molar-refractivity contribution in [3.8, 4) is 0 Å². The van der Waals surface area contributed by atoms with Gasteiger partial charge in [-0.3, -0.25) is 9.59 Å². The van der Waals surface area contributed by atoms with Crippen molar-refractivity contribution < 1.29 is 9.59 Å². The fourth-order valence-electron chi connectivity index (χ4n) is 0.299. The Bertz CT molecular complexity index is 122. The van der Waals surface area contributed by atoms with E-state index in [-0.39, 0.29) is 12.5 Å². The van der Waals surface area contributed by atoms with Crippen LogP contribution in [0.25, 0.3) is 0 Å². The van der Waals surface area contributed by atoms with Gasteiger partial charge < -0.3 is 10.6 Å². The Hall–Kier alpha value is -1.32. The van der Waals surface area contributed by atoms with Crippen molar-refractivity contribution in [2.24, 2.45) is 0 Å². The van der Waals surface area contributed by atoms with E-state index in [0.29, 0.717) is 6.41 Å². The van der Waals surface area contributed by atoms with E-state index in [2.05, 4.69) is 17.2 Å². The van der Waals surface area contributed by atoms with E-state index >= 15 is 0 Å². The van der Waals surface area contributed by atoms with Gasteiger partial charge in [0.05, 0.1) is 6.54 Å². The molecule has 0 saturated carbocycles. The molecular formula is C5H8N2O2. The summed E-state index contributed by atoms with van der Waals surface area (Å²) in [6, 6.07) is 0. The molecule has 0 aliphatic heterocycles. The van der Waals surface area contributed by atoms with Crippen molar-refractivity contribution in [1.29, 1.82) is 0 Å². The predicted molar refractivity (Wildman–Crippen MR) is 32.4 cm³/mol. The number of rotatable bonds is 4. The third kappa shape index (κ3) is 4.53. The summed E-state index contributed by atoms with van der Waals surface area (Å²) in [7, 11) is 0. The van der Waals surface area contributed by atoms with Crippen LogP contribution in [0.1, 0.15) is 0 Å². The van der Waals surface area contributed by atoms with Crippen molar-refractivity contribution in [3.63, 3.8) is 0 Å². The molecule has 0 spiro atoms. The van der Waals surface area contributed by atoms with Crippen molar-refractivity contribution in [1.82, 2.24) is 10.6 Å². The number of amides is 2. The van der Waals surface area contributed by atoms with E-state index in [1.807, 2.05) is 0 Å². The lowest BCUT2D eigenvalue weighted by atomic mass is 10.6. The maximum Gasteiger partial charge on any atom is 0.243 e. The van der Waals surface area contributed by atoms with E-state index in [1.54, 1.807) is 0 Å². The summed E-state index contributed by atoms with van der Waals surface area (Å²) in [5.41, 5.74) is 0. The van der Waals surface area contributed by atoms with Gasteiger partial charge >= 0.3 is 0 Å². The van der Waals surface area contributed by atoms with Crippen LogP contribution >= 0.6 is 0 Å². The number of nitrogens with one attached hydrogen (secondary N) is 2. The van der Waals surface area contributed by atoms with Crippen LogP contribution in [0.15, 0.2) is 12.8 Å². The number of carbonyl (C=O) groups is 2. The molecule has 0 rings (SSSR count). The lowest BCUT2D eigenvalue weighted by Crippen LogP contribution is -2.29. The Morgan fingerprint density at radius 3 is 2.78 bits per heavy atom. The van der Waals surface area contributed by atoms with Gasteiger partial charge in [0.1, 0.15) is 0 Å². The van der Waals surface area contributed by atoms with Crippen molar-refractivity contribution in [2.75, 3.05) is 6.54 Å². The van der Waals surface area contributed by atoms with E-state index in [1.165, 1.54) is 6.20 Å². The zero-order chi connectivity index (χ0) is 7.11. The van der Waals surface area contributed by atoms with Gasteiger partial charge in [0, 0.05) is 0 Å². The molecule has 0 saturated heterocycles. The summed E-state index contributed by atoms with van der Waals surface area (Å²) in [6.07, 6.45) is 1.72. The molecule has 0 bridgehead atoms. The van der Waals surface area contributed by atoms with Crippen LogP contribution in [0.4, 0.5) is 0 Å². The molecule has 0 heterocycles. The molecule has 2 amide bonds. The average molecular weight is 128 g/mol. The van der Waals surface area contributed by atoms with Crippen LogP contribution in [-0.2, 0) is 9.59 Å². The first-order valence-electron chi connectivity index (χ1n) is 2.38. The van der Waals surface area contributed by atoms with Crippen LogP contribution < -0.4 is 10.6 Å².